The van der Waals surface area contributed by atoms with Gasteiger partial charge in [0.2, 0.25) is 5.91 Å². The fourth-order valence-corrected chi connectivity index (χ4v) is 7.42. The van der Waals surface area contributed by atoms with Crippen LogP contribution in [0.2, 0.25) is 0 Å². The monoisotopic (exact) mass is 665 g/mol. The van der Waals surface area contributed by atoms with Gasteiger partial charge in [-0.2, -0.15) is 5.26 Å². The molecule has 1 saturated heterocycles. The number of rotatable bonds is 8. The second-order valence-electron chi connectivity index (χ2n) is 13.0. The van der Waals surface area contributed by atoms with Gasteiger partial charge < -0.3 is 25.2 Å². The van der Waals surface area contributed by atoms with Gasteiger partial charge >= 0.3 is 6.03 Å². The van der Waals surface area contributed by atoms with E-state index in [0.29, 0.717) is 48.1 Å². The highest BCUT2D eigenvalue weighted by atomic mass is 32.2. The van der Waals surface area contributed by atoms with Crippen LogP contribution in [0.4, 0.5) is 16.2 Å². The maximum absolute atomic E-state index is 13.8. The van der Waals surface area contributed by atoms with Gasteiger partial charge in [0.25, 0.3) is 5.91 Å². The number of aryl methyl sites for hydroxylation is 1. The van der Waals surface area contributed by atoms with Crippen molar-refractivity contribution in [1.29, 1.82) is 5.26 Å². The molecule has 1 fully saturated rings. The van der Waals surface area contributed by atoms with Crippen LogP contribution in [-0.2, 0) is 9.59 Å². The number of nitrogens with one attached hydrogen (secondary N) is 2. The SMILES string of the molecule is Cc1cc(Oc2ccccc2)ccc1N1C(=O)NC2c3c1ccnc3S[C@H]2C(=O)NC1CCCN(C(=O)/C(C#N)=C\C(C)(C)N(C)C)C1. The van der Waals surface area contributed by atoms with Gasteiger partial charge in [0, 0.05) is 36.4 Å². The molecule has 11 nitrogen and oxygen atoms in total. The maximum atomic E-state index is 13.8. The van der Waals surface area contributed by atoms with E-state index < -0.39 is 16.8 Å². The number of benzene rings is 2. The first-order valence-electron chi connectivity index (χ1n) is 16.0. The lowest BCUT2D eigenvalue weighted by atomic mass is 9.97. The minimum Gasteiger partial charge on any atom is -0.457 e. The number of nitrogens with zero attached hydrogens (tertiary/aromatic N) is 5. The third-order valence-corrected chi connectivity index (χ3v) is 10.5. The Hall–Kier alpha value is -4.86. The second-order valence-corrected chi connectivity index (χ2v) is 14.2. The Balaban J connectivity index is 1.17. The van der Waals surface area contributed by atoms with E-state index in [4.69, 9.17) is 4.74 Å². The number of thioether (sulfide) groups is 1. The molecular weight excluding hydrogens is 627 g/mol. The van der Waals surface area contributed by atoms with Crippen molar-refractivity contribution < 1.29 is 19.1 Å². The molecule has 4 amide bonds. The van der Waals surface area contributed by atoms with E-state index in [-0.39, 0.29) is 29.5 Å². The summed E-state index contributed by atoms with van der Waals surface area (Å²) in [4.78, 5) is 50.7. The molecule has 248 valence electrons. The van der Waals surface area contributed by atoms with Crippen LogP contribution in [0.5, 0.6) is 11.5 Å². The maximum Gasteiger partial charge on any atom is 0.327 e. The molecule has 4 heterocycles. The first-order chi connectivity index (χ1) is 23.0. The number of likely N-dealkylation sites (tertiary alicyclic amines) is 1. The number of carbonyl (C=O) groups excluding carboxylic acids is 3. The van der Waals surface area contributed by atoms with Gasteiger partial charge in [0.15, 0.2) is 0 Å². The lowest BCUT2D eigenvalue weighted by Gasteiger charge is -2.36. The van der Waals surface area contributed by atoms with E-state index in [0.717, 1.165) is 16.9 Å². The summed E-state index contributed by atoms with van der Waals surface area (Å²) in [6.45, 7) is 6.62. The molecule has 2 unspecified atom stereocenters. The number of ether oxygens (including phenoxy) is 1. The van der Waals surface area contributed by atoms with E-state index in [1.54, 1.807) is 22.1 Å². The van der Waals surface area contributed by atoms with Crippen molar-refractivity contribution in [2.24, 2.45) is 0 Å². The van der Waals surface area contributed by atoms with Crippen LogP contribution < -0.4 is 20.3 Å². The van der Waals surface area contributed by atoms with E-state index in [2.05, 4.69) is 21.7 Å². The smallest absolute Gasteiger partial charge is 0.327 e. The highest BCUT2D eigenvalue weighted by molar-refractivity contribution is 8.01. The van der Waals surface area contributed by atoms with Crippen LogP contribution in [0, 0.1) is 18.3 Å². The zero-order chi connectivity index (χ0) is 34.2. The van der Waals surface area contributed by atoms with Crippen molar-refractivity contribution in [3.05, 3.63) is 83.6 Å². The Morgan fingerprint density at radius 1 is 1.15 bits per heavy atom. The molecule has 3 aliphatic heterocycles. The molecule has 0 radical (unpaired) electrons. The lowest BCUT2D eigenvalue weighted by Crippen LogP contribution is -2.54. The Labute approximate surface area is 284 Å². The number of piperidine rings is 1. The topological polar surface area (TPSA) is 131 Å². The minimum atomic E-state index is -0.635. The van der Waals surface area contributed by atoms with Crippen LogP contribution >= 0.6 is 11.8 Å². The molecule has 1 aromatic heterocycles. The minimum absolute atomic E-state index is 0.0872. The standard InChI is InChI=1S/C36H39N7O4S/c1-22-18-26(47-25-11-7-6-8-12-25)13-14-27(22)43-28-15-16-38-33-29(28)30(40-35(43)46)31(48-33)32(44)39-24-10-9-17-42(21-24)34(45)23(20-37)19-36(2,3)41(4)5/h6-8,11-16,18-19,24,30-31H,9-10,17,21H2,1-5H3,(H,39,44)(H,40,46)/b23-19-/t24?,30?,31-/m1/s1. The molecule has 3 aromatic rings. The van der Waals surface area contributed by atoms with Crippen LogP contribution in [0.1, 0.15) is 43.9 Å². The molecular formula is C36H39N7O4S. The quantitative estimate of drug-likeness (QED) is 0.240. The molecule has 48 heavy (non-hydrogen) atoms. The van der Waals surface area contributed by atoms with E-state index in [1.807, 2.05) is 94.4 Å². The second kappa shape index (κ2) is 13.3. The van der Waals surface area contributed by atoms with E-state index >= 15 is 0 Å². The van der Waals surface area contributed by atoms with Crippen molar-refractivity contribution >= 4 is 41.0 Å². The molecule has 0 aliphatic carbocycles. The molecule has 3 aliphatic rings. The predicted octanol–water partition coefficient (Wildman–Crippen LogP) is 5.46. The molecule has 0 bridgehead atoms. The number of pyridine rings is 1. The van der Waals surface area contributed by atoms with Crippen LogP contribution in [0.15, 0.2) is 77.5 Å². The van der Waals surface area contributed by atoms with Crippen LogP contribution in [-0.4, -0.2) is 76.6 Å². The number of hydrogen-bond acceptors (Lipinski definition) is 8. The van der Waals surface area contributed by atoms with Gasteiger partial charge in [-0.3, -0.25) is 14.5 Å². The molecule has 0 spiro atoms. The molecule has 6 rings (SSSR count). The van der Waals surface area contributed by atoms with Gasteiger partial charge in [-0.25, -0.2) is 9.78 Å². The van der Waals surface area contributed by atoms with Crippen molar-refractivity contribution in [3.63, 3.8) is 0 Å². The largest absolute Gasteiger partial charge is 0.457 e. The van der Waals surface area contributed by atoms with Gasteiger partial charge in [-0.1, -0.05) is 30.0 Å². The summed E-state index contributed by atoms with van der Waals surface area (Å²) < 4.78 is 5.99. The number of nitriles is 1. The van der Waals surface area contributed by atoms with Gasteiger partial charge in [0.1, 0.15) is 33.4 Å². The lowest BCUT2D eigenvalue weighted by molar-refractivity contribution is -0.129. The van der Waals surface area contributed by atoms with Crippen molar-refractivity contribution in [1.82, 2.24) is 25.4 Å². The Morgan fingerprint density at radius 3 is 2.62 bits per heavy atom. The summed E-state index contributed by atoms with van der Waals surface area (Å²) >= 11 is 1.33. The average molecular weight is 666 g/mol. The number of para-hydroxylation sites is 1. The Bertz CT molecular complexity index is 1820. The van der Waals surface area contributed by atoms with Crippen molar-refractivity contribution in [2.45, 2.75) is 61.5 Å². The molecule has 2 N–H and O–H groups in total. The normalized spacial score (nSPS) is 20.6. The van der Waals surface area contributed by atoms with Gasteiger partial charge in [-0.05, 0) is 95.7 Å². The molecule has 0 saturated carbocycles. The van der Waals surface area contributed by atoms with Crippen LogP contribution in [0.25, 0.3) is 0 Å². The summed E-state index contributed by atoms with van der Waals surface area (Å²) in [5.41, 5.74) is 2.64. The first-order valence-corrected chi connectivity index (χ1v) is 16.8. The number of amides is 4. The van der Waals surface area contributed by atoms with Gasteiger partial charge in [0.05, 0.1) is 17.4 Å². The predicted molar refractivity (Wildman–Crippen MR) is 184 cm³/mol. The Morgan fingerprint density at radius 2 is 1.92 bits per heavy atom. The zero-order valence-corrected chi connectivity index (χ0v) is 28.5. The highest BCUT2D eigenvalue weighted by Crippen LogP contribution is 2.51. The summed E-state index contributed by atoms with van der Waals surface area (Å²) in [6.07, 6.45) is 4.75. The molecule has 3 atom stereocenters. The molecule has 2 aromatic carbocycles. The van der Waals surface area contributed by atoms with Crippen LogP contribution in [0.3, 0.4) is 0 Å². The fourth-order valence-electron chi connectivity index (χ4n) is 6.19. The Kier molecular flexibility index (Phi) is 9.18. The summed E-state index contributed by atoms with van der Waals surface area (Å²) in [6, 6.07) is 17.8. The summed E-state index contributed by atoms with van der Waals surface area (Å²) in [7, 11) is 3.79. The summed E-state index contributed by atoms with van der Waals surface area (Å²) in [5, 5.41) is 16.1. The number of urea groups is 1. The highest BCUT2D eigenvalue weighted by Gasteiger charge is 2.47. The number of likely N-dealkylation sites (N-methyl/N-ethyl adjacent to an activating group) is 1. The summed E-state index contributed by atoms with van der Waals surface area (Å²) in [5.74, 6) is 0.810. The zero-order valence-electron chi connectivity index (χ0n) is 27.7. The fraction of sp³-hybridized carbons (Fsp3) is 0.361. The number of anilines is 2. The molecule has 12 heteroatoms. The van der Waals surface area contributed by atoms with Crippen molar-refractivity contribution in [2.75, 3.05) is 32.1 Å². The van der Waals surface area contributed by atoms with E-state index in [1.165, 1.54) is 11.8 Å². The van der Waals surface area contributed by atoms with Crippen molar-refractivity contribution in [3.8, 4) is 17.6 Å². The number of hydrogen-bond donors (Lipinski definition) is 2. The number of carbonyl (C=O) groups is 3. The van der Waals surface area contributed by atoms with Gasteiger partial charge in [-0.15, -0.1) is 0 Å². The number of aromatic nitrogens is 1. The van der Waals surface area contributed by atoms with E-state index in [9.17, 15) is 19.6 Å². The third kappa shape index (κ3) is 6.48. The third-order valence-electron chi connectivity index (χ3n) is 9.21. The first kappa shape index (κ1) is 33.1. The average Bonchev–Trinajstić information content (AvgIpc) is 3.44.